The van der Waals surface area contributed by atoms with Crippen LogP contribution in [-0.4, -0.2) is 44.0 Å². The summed E-state index contributed by atoms with van der Waals surface area (Å²) in [6.45, 7) is 4.62. The van der Waals surface area contributed by atoms with E-state index in [9.17, 15) is 9.59 Å². The normalized spacial score (nSPS) is 10.6. The number of anilines is 1. The lowest BCUT2D eigenvalue weighted by molar-refractivity contribution is -0.123. The predicted octanol–water partition coefficient (Wildman–Crippen LogP) is 2.50. The Labute approximate surface area is 160 Å². The lowest BCUT2D eigenvalue weighted by Gasteiger charge is -2.17. The van der Waals surface area contributed by atoms with Gasteiger partial charge in [0.15, 0.2) is 0 Å². The number of rotatable bonds is 8. The molecule has 0 aliphatic heterocycles. The standard InChI is InChI=1S/C21H27N3O3/c1-15-8-7-10-18(16(15)2)23-21(26)14-24(3)13-20(25)22-12-17-9-5-6-11-19(17)27-4/h5-11H,12-14H2,1-4H3,(H,22,25)(H,23,26). The summed E-state index contributed by atoms with van der Waals surface area (Å²) >= 11 is 0. The zero-order valence-electron chi connectivity index (χ0n) is 16.3. The summed E-state index contributed by atoms with van der Waals surface area (Å²) in [6, 6.07) is 13.3. The van der Waals surface area contributed by atoms with E-state index < -0.39 is 0 Å². The Morgan fingerprint density at radius 3 is 2.44 bits per heavy atom. The number of hydrogen-bond acceptors (Lipinski definition) is 4. The van der Waals surface area contributed by atoms with Crippen LogP contribution in [0.3, 0.4) is 0 Å². The van der Waals surface area contributed by atoms with Crippen LogP contribution in [-0.2, 0) is 16.1 Å². The molecule has 2 aromatic carbocycles. The number of para-hydroxylation sites is 1. The fraction of sp³-hybridized carbons (Fsp3) is 0.333. The molecule has 27 heavy (non-hydrogen) atoms. The Kier molecular flexibility index (Phi) is 7.37. The second kappa shape index (κ2) is 9.73. The number of nitrogens with one attached hydrogen (secondary N) is 2. The lowest BCUT2D eigenvalue weighted by Crippen LogP contribution is -2.38. The zero-order valence-corrected chi connectivity index (χ0v) is 16.3. The Morgan fingerprint density at radius 2 is 1.70 bits per heavy atom. The Morgan fingerprint density at radius 1 is 1.00 bits per heavy atom. The summed E-state index contributed by atoms with van der Waals surface area (Å²) in [4.78, 5) is 26.0. The molecule has 0 aliphatic rings. The summed E-state index contributed by atoms with van der Waals surface area (Å²) in [6.07, 6.45) is 0. The van der Waals surface area contributed by atoms with Gasteiger partial charge in [-0.05, 0) is 44.2 Å². The molecule has 0 aromatic heterocycles. The molecule has 0 atom stereocenters. The van der Waals surface area contributed by atoms with E-state index in [2.05, 4.69) is 10.6 Å². The molecule has 6 heteroatoms. The number of hydrogen-bond donors (Lipinski definition) is 2. The second-order valence-electron chi connectivity index (χ2n) is 6.56. The van der Waals surface area contributed by atoms with Gasteiger partial charge in [-0.3, -0.25) is 14.5 Å². The summed E-state index contributed by atoms with van der Waals surface area (Å²) < 4.78 is 5.27. The van der Waals surface area contributed by atoms with Gasteiger partial charge in [-0.1, -0.05) is 30.3 Å². The quantitative estimate of drug-likeness (QED) is 0.750. The highest BCUT2D eigenvalue weighted by Crippen LogP contribution is 2.18. The van der Waals surface area contributed by atoms with Gasteiger partial charge in [0.05, 0.1) is 20.2 Å². The van der Waals surface area contributed by atoms with Crippen molar-refractivity contribution in [3.63, 3.8) is 0 Å². The largest absolute Gasteiger partial charge is 0.496 e. The molecule has 0 heterocycles. The minimum Gasteiger partial charge on any atom is -0.496 e. The highest BCUT2D eigenvalue weighted by Gasteiger charge is 2.12. The van der Waals surface area contributed by atoms with Crippen molar-refractivity contribution < 1.29 is 14.3 Å². The SMILES string of the molecule is COc1ccccc1CNC(=O)CN(C)CC(=O)Nc1cccc(C)c1C. The van der Waals surface area contributed by atoms with E-state index in [0.717, 1.165) is 28.1 Å². The van der Waals surface area contributed by atoms with E-state index in [1.54, 1.807) is 19.1 Å². The summed E-state index contributed by atoms with van der Waals surface area (Å²) in [5, 5.41) is 5.75. The molecule has 2 rings (SSSR count). The Balaban J connectivity index is 1.80. The number of methoxy groups -OCH3 is 1. The van der Waals surface area contributed by atoms with Crippen molar-refractivity contribution in [2.24, 2.45) is 0 Å². The molecule has 2 N–H and O–H groups in total. The first kappa shape index (κ1) is 20.5. The number of amides is 2. The van der Waals surface area contributed by atoms with Gasteiger partial charge in [-0.2, -0.15) is 0 Å². The number of nitrogens with zero attached hydrogens (tertiary/aromatic N) is 1. The molecular weight excluding hydrogens is 342 g/mol. The van der Waals surface area contributed by atoms with Crippen LogP contribution in [0.2, 0.25) is 0 Å². The highest BCUT2D eigenvalue weighted by molar-refractivity contribution is 5.93. The third-order valence-corrected chi connectivity index (χ3v) is 4.37. The van der Waals surface area contributed by atoms with E-state index in [1.165, 1.54) is 0 Å². The van der Waals surface area contributed by atoms with Crippen LogP contribution in [0.4, 0.5) is 5.69 Å². The van der Waals surface area contributed by atoms with Gasteiger partial charge in [0.2, 0.25) is 11.8 Å². The molecule has 6 nitrogen and oxygen atoms in total. The van der Waals surface area contributed by atoms with Crippen LogP contribution < -0.4 is 15.4 Å². The van der Waals surface area contributed by atoms with Gasteiger partial charge in [0.1, 0.15) is 5.75 Å². The van der Waals surface area contributed by atoms with E-state index in [0.29, 0.717) is 6.54 Å². The zero-order chi connectivity index (χ0) is 19.8. The van der Waals surface area contributed by atoms with Crippen molar-refractivity contribution in [1.29, 1.82) is 0 Å². The van der Waals surface area contributed by atoms with Crippen LogP contribution >= 0.6 is 0 Å². The molecule has 0 aliphatic carbocycles. The molecule has 0 saturated carbocycles. The maximum Gasteiger partial charge on any atom is 0.238 e. The average molecular weight is 369 g/mol. The highest BCUT2D eigenvalue weighted by atomic mass is 16.5. The molecule has 0 spiro atoms. The van der Waals surface area contributed by atoms with E-state index in [4.69, 9.17) is 4.74 Å². The van der Waals surface area contributed by atoms with Crippen molar-refractivity contribution >= 4 is 17.5 Å². The minimum absolute atomic E-state index is 0.134. The van der Waals surface area contributed by atoms with Crippen molar-refractivity contribution in [2.45, 2.75) is 20.4 Å². The third-order valence-electron chi connectivity index (χ3n) is 4.37. The van der Waals surface area contributed by atoms with E-state index in [1.807, 2.05) is 56.3 Å². The van der Waals surface area contributed by atoms with Gasteiger partial charge in [-0.15, -0.1) is 0 Å². The van der Waals surface area contributed by atoms with Crippen LogP contribution in [0, 0.1) is 13.8 Å². The number of carbonyl (C=O) groups is 2. The van der Waals surface area contributed by atoms with E-state index >= 15 is 0 Å². The van der Waals surface area contributed by atoms with E-state index in [-0.39, 0.29) is 24.9 Å². The van der Waals surface area contributed by atoms with Crippen LogP contribution in [0.1, 0.15) is 16.7 Å². The molecule has 2 aromatic rings. The number of aryl methyl sites for hydroxylation is 1. The topological polar surface area (TPSA) is 70.7 Å². The minimum atomic E-state index is -0.150. The molecule has 2 amide bonds. The lowest BCUT2D eigenvalue weighted by atomic mass is 10.1. The Hall–Kier alpha value is -2.86. The molecule has 0 fully saturated rings. The number of benzene rings is 2. The molecule has 0 radical (unpaired) electrons. The Bertz CT molecular complexity index is 805. The maximum atomic E-state index is 12.2. The van der Waals surface area contributed by atoms with Crippen LogP contribution in [0.5, 0.6) is 5.75 Å². The molecular formula is C21H27N3O3. The number of likely N-dealkylation sites (N-methyl/N-ethyl adjacent to an activating group) is 1. The maximum absolute atomic E-state index is 12.2. The molecule has 0 saturated heterocycles. The number of carbonyl (C=O) groups excluding carboxylic acids is 2. The average Bonchev–Trinajstić information content (AvgIpc) is 2.63. The first-order valence-corrected chi connectivity index (χ1v) is 8.84. The first-order valence-electron chi connectivity index (χ1n) is 8.84. The monoisotopic (exact) mass is 369 g/mol. The van der Waals surface area contributed by atoms with Crippen molar-refractivity contribution in [2.75, 3.05) is 32.6 Å². The van der Waals surface area contributed by atoms with Gasteiger partial charge in [0, 0.05) is 17.8 Å². The van der Waals surface area contributed by atoms with Gasteiger partial charge >= 0.3 is 0 Å². The third kappa shape index (κ3) is 6.11. The summed E-state index contributed by atoms with van der Waals surface area (Å²) in [5.41, 5.74) is 3.87. The summed E-state index contributed by atoms with van der Waals surface area (Å²) in [5.74, 6) is 0.436. The fourth-order valence-electron chi connectivity index (χ4n) is 2.72. The van der Waals surface area contributed by atoms with Crippen molar-refractivity contribution in [3.8, 4) is 5.75 Å². The molecule has 144 valence electrons. The number of ether oxygens (including phenoxy) is 1. The van der Waals surface area contributed by atoms with Gasteiger partial charge < -0.3 is 15.4 Å². The first-order chi connectivity index (χ1) is 12.9. The molecule has 0 unspecified atom stereocenters. The predicted molar refractivity (Wildman–Crippen MR) is 107 cm³/mol. The fourth-order valence-corrected chi connectivity index (χ4v) is 2.72. The van der Waals surface area contributed by atoms with Crippen LogP contribution in [0.15, 0.2) is 42.5 Å². The van der Waals surface area contributed by atoms with Crippen molar-refractivity contribution in [1.82, 2.24) is 10.2 Å². The molecule has 0 bridgehead atoms. The van der Waals surface area contributed by atoms with Gasteiger partial charge in [-0.25, -0.2) is 0 Å². The summed E-state index contributed by atoms with van der Waals surface area (Å²) in [7, 11) is 3.34. The van der Waals surface area contributed by atoms with Crippen molar-refractivity contribution in [3.05, 3.63) is 59.2 Å². The van der Waals surface area contributed by atoms with Gasteiger partial charge in [0.25, 0.3) is 0 Å². The second-order valence-corrected chi connectivity index (χ2v) is 6.56. The smallest absolute Gasteiger partial charge is 0.238 e. The van der Waals surface area contributed by atoms with Crippen LogP contribution in [0.25, 0.3) is 0 Å².